The number of ketones is 1. The van der Waals surface area contributed by atoms with Crippen molar-refractivity contribution in [1.82, 2.24) is 14.5 Å². The molecule has 0 aliphatic rings. The predicted molar refractivity (Wildman–Crippen MR) is 108 cm³/mol. The van der Waals surface area contributed by atoms with E-state index in [1.165, 1.54) is 42.8 Å². The Kier molecular flexibility index (Phi) is 5.31. The Morgan fingerprint density at radius 1 is 1.34 bits per heavy atom. The summed E-state index contributed by atoms with van der Waals surface area (Å²) in [5, 5.41) is 13.0. The van der Waals surface area contributed by atoms with Crippen molar-refractivity contribution in [3.05, 3.63) is 74.7 Å². The Hall–Kier alpha value is -2.81. The summed E-state index contributed by atoms with van der Waals surface area (Å²) in [4.78, 5) is 21.2. The van der Waals surface area contributed by atoms with Crippen molar-refractivity contribution in [3.8, 4) is 5.75 Å². The largest absolute Gasteiger partial charge is 0.505 e. The average molecular weight is 432 g/mol. The summed E-state index contributed by atoms with van der Waals surface area (Å²) in [7, 11) is 1.53. The molecule has 0 spiro atoms. The topological polar surface area (TPSA) is 77.2 Å². The Bertz CT molecular complexity index is 1190. The van der Waals surface area contributed by atoms with Crippen LogP contribution in [0.25, 0.3) is 11.0 Å². The summed E-state index contributed by atoms with van der Waals surface area (Å²) >= 11 is 7.65. The number of phenolic OH excluding ortho intramolecular Hbond substituents is 1. The molecule has 1 N–H and O–H groups in total. The van der Waals surface area contributed by atoms with E-state index in [-0.39, 0.29) is 39.4 Å². The number of carbonyl (C=O) groups is 1. The number of fused-ring (bicyclic) bond motifs is 1. The molecule has 0 amide bonds. The van der Waals surface area contributed by atoms with E-state index in [0.29, 0.717) is 17.8 Å². The minimum absolute atomic E-state index is 0.0350. The van der Waals surface area contributed by atoms with Crippen molar-refractivity contribution < 1.29 is 19.0 Å². The van der Waals surface area contributed by atoms with Crippen LogP contribution in [0.2, 0.25) is 5.02 Å². The number of aromatic nitrogens is 3. The van der Waals surface area contributed by atoms with Crippen molar-refractivity contribution in [1.29, 1.82) is 0 Å². The van der Waals surface area contributed by atoms with Gasteiger partial charge in [0.2, 0.25) is 5.78 Å². The summed E-state index contributed by atoms with van der Waals surface area (Å²) in [6, 6.07) is 7.47. The highest BCUT2D eigenvalue weighted by Gasteiger charge is 2.24. The van der Waals surface area contributed by atoms with Gasteiger partial charge in [-0.15, -0.1) is 11.3 Å². The molecule has 0 radical (unpaired) electrons. The maximum atomic E-state index is 13.2. The van der Waals surface area contributed by atoms with Gasteiger partial charge in [0.15, 0.2) is 10.8 Å². The molecule has 4 aromatic rings. The number of imidazole rings is 1. The highest BCUT2D eigenvalue weighted by Crippen LogP contribution is 2.36. The van der Waals surface area contributed by atoms with Crippen LogP contribution < -0.4 is 0 Å². The molecule has 9 heteroatoms. The van der Waals surface area contributed by atoms with E-state index >= 15 is 0 Å². The minimum Gasteiger partial charge on any atom is -0.505 e. The maximum absolute atomic E-state index is 13.2. The number of aromatic hydroxyl groups is 1. The maximum Gasteiger partial charge on any atom is 0.225 e. The molecule has 0 unspecified atom stereocenters. The number of phenols is 1. The van der Waals surface area contributed by atoms with Crippen molar-refractivity contribution >= 4 is 39.8 Å². The van der Waals surface area contributed by atoms with E-state index in [9.17, 15) is 14.3 Å². The van der Waals surface area contributed by atoms with Crippen molar-refractivity contribution in [2.75, 3.05) is 7.11 Å². The van der Waals surface area contributed by atoms with Gasteiger partial charge in [0.05, 0.1) is 16.1 Å². The van der Waals surface area contributed by atoms with Crippen molar-refractivity contribution in [2.45, 2.75) is 13.2 Å². The average Bonchev–Trinajstić information content (AvgIpc) is 3.36. The number of methoxy groups -OCH3 is 1. The zero-order valence-electron chi connectivity index (χ0n) is 15.2. The monoisotopic (exact) mass is 431 g/mol. The summed E-state index contributed by atoms with van der Waals surface area (Å²) in [5.74, 6) is -0.461. The number of thiazole rings is 1. The lowest BCUT2D eigenvalue weighted by atomic mass is 10.1. The van der Waals surface area contributed by atoms with Crippen molar-refractivity contribution in [2.24, 2.45) is 0 Å². The smallest absolute Gasteiger partial charge is 0.225 e. The van der Waals surface area contributed by atoms with Crippen LogP contribution in [0.5, 0.6) is 5.75 Å². The molecule has 29 heavy (non-hydrogen) atoms. The third kappa shape index (κ3) is 3.62. The molecule has 2 aromatic heterocycles. The molecule has 0 atom stereocenters. The fourth-order valence-corrected chi connectivity index (χ4v) is 4.00. The van der Waals surface area contributed by atoms with Crippen LogP contribution >= 0.6 is 22.9 Å². The summed E-state index contributed by atoms with van der Waals surface area (Å²) < 4.78 is 20.2. The van der Waals surface area contributed by atoms with Crippen LogP contribution in [0, 0.1) is 5.82 Å². The molecule has 148 valence electrons. The molecule has 0 aliphatic heterocycles. The van der Waals surface area contributed by atoms with Gasteiger partial charge in [0, 0.05) is 25.1 Å². The second-order valence-electron chi connectivity index (χ2n) is 6.30. The van der Waals surface area contributed by atoms with E-state index in [4.69, 9.17) is 16.3 Å². The lowest BCUT2D eigenvalue weighted by Gasteiger charge is -2.10. The summed E-state index contributed by atoms with van der Waals surface area (Å²) in [6.45, 7) is 0.145. The Morgan fingerprint density at radius 3 is 2.76 bits per heavy atom. The Morgan fingerprint density at radius 2 is 2.10 bits per heavy atom. The van der Waals surface area contributed by atoms with Gasteiger partial charge in [-0.3, -0.25) is 4.79 Å². The van der Waals surface area contributed by atoms with E-state index < -0.39 is 5.78 Å². The fourth-order valence-electron chi connectivity index (χ4n) is 3.11. The van der Waals surface area contributed by atoms with Crippen LogP contribution in [0.15, 0.2) is 41.9 Å². The highest BCUT2D eigenvalue weighted by molar-refractivity contribution is 7.11. The van der Waals surface area contributed by atoms with Gasteiger partial charge >= 0.3 is 0 Å². The van der Waals surface area contributed by atoms with E-state index in [2.05, 4.69) is 9.97 Å². The number of benzene rings is 2. The Labute approximate surface area is 174 Å². The molecule has 0 bridgehead atoms. The number of hydrogen-bond acceptors (Lipinski definition) is 6. The molecular formula is C20H15ClFN3O3S. The van der Waals surface area contributed by atoms with Gasteiger partial charge in [-0.2, -0.15) is 0 Å². The van der Waals surface area contributed by atoms with Crippen LogP contribution in [0.4, 0.5) is 4.39 Å². The molecule has 0 saturated carbocycles. The second kappa shape index (κ2) is 7.90. The third-order valence-electron chi connectivity index (χ3n) is 4.43. The lowest BCUT2D eigenvalue weighted by Crippen LogP contribution is -2.07. The normalized spacial score (nSPS) is 11.3. The molecular weight excluding hydrogens is 417 g/mol. The van der Waals surface area contributed by atoms with Gasteiger partial charge in [0.25, 0.3) is 0 Å². The molecule has 0 aliphatic carbocycles. The quantitative estimate of drug-likeness (QED) is 0.457. The number of nitrogens with zero attached hydrogens (tertiary/aromatic N) is 3. The first-order valence-electron chi connectivity index (χ1n) is 8.57. The zero-order chi connectivity index (χ0) is 20.5. The number of carbonyl (C=O) groups excluding carboxylic acids is 1. The van der Waals surface area contributed by atoms with Crippen molar-refractivity contribution in [3.63, 3.8) is 0 Å². The Balaban J connectivity index is 1.86. The van der Waals surface area contributed by atoms with Crippen LogP contribution in [0.1, 0.15) is 26.8 Å². The highest BCUT2D eigenvalue weighted by atomic mass is 35.5. The van der Waals surface area contributed by atoms with E-state index in [1.54, 1.807) is 22.1 Å². The van der Waals surface area contributed by atoms with Gasteiger partial charge in [-0.1, -0.05) is 23.7 Å². The van der Waals surface area contributed by atoms with Gasteiger partial charge in [0.1, 0.15) is 23.9 Å². The summed E-state index contributed by atoms with van der Waals surface area (Å²) in [5.41, 5.74) is 1.52. The molecule has 2 aromatic carbocycles. The SMILES string of the molecule is COCn1c(Cc2ccc(F)cc2)nc2c(O)c(C(=O)c3nccs3)cc(Cl)c21. The molecule has 0 fully saturated rings. The predicted octanol–water partition coefficient (Wildman–Crippen LogP) is 4.42. The second-order valence-corrected chi connectivity index (χ2v) is 7.60. The molecule has 0 saturated heterocycles. The minimum atomic E-state index is -0.428. The van der Waals surface area contributed by atoms with E-state index in [0.717, 1.165) is 5.56 Å². The van der Waals surface area contributed by atoms with Gasteiger partial charge < -0.3 is 14.4 Å². The van der Waals surface area contributed by atoms with Crippen LogP contribution in [-0.2, 0) is 17.9 Å². The first-order chi connectivity index (χ1) is 14.0. The first kappa shape index (κ1) is 19.5. The molecule has 6 nitrogen and oxygen atoms in total. The molecule has 2 heterocycles. The first-order valence-corrected chi connectivity index (χ1v) is 9.83. The van der Waals surface area contributed by atoms with Crippen LogP contribution in [0.3, 0.4) is 0 Å². The number of rotatable bonds is 6. The number of ether oxygens (including phenoxy) is 1. The van der Waals surface area contributed by atoms with Crippen LogP contribution in [-0.4, -0.2) is 32.5 Å². The van der Waals surface area contributed by atoms with E-state index in [1.807, 2.05) is 0 Å². The number of halogens is 2. The molecule has 4 rings (SSSR count). The van der Waals surface area contributed by atoms with Gasteiger partial charge in [-0.05, 0) is 23.8 Å². The lowest BCUT2D eigenvalue weighted by molar-refractivity contribution is 0.103. The number of hydrogen-bond donors (Lipinski definition) is 1. The van der Waals surface area contributed by atoms with Gasteiger partial charge in [-0.25, -0.2) is 14.4 Å². The zero-order valence-corrected chi connectivity index (χ0v) is 16.8. The standard InChI is InChI=1S/C20H15ClFN3O3S/c1-28-10-25-15(8-11-2-4-12(22)5-3-11)24-16-17(25)14(21)9-13(18(16)26)19(27)20-23-6-7-29-20/h2-7,9,26H,8,10H2,1H3. The summed E-state index contributed by atoms with van der Waals surface area (Å²) in [6.07, 6.45) is 1.88. The fraction of sp³-hybridized carbons (Fsp3) is 0.150. The third-order valence-corrected chi connectivity index (χ3v) is 5.49.